The summed E-state index contributed by atoms with van der Waals surface area (Å²) in [7, 11) is 4.23. The summed E-state index contributed by atoms with van der Waals surface area (Å²) in [5.41, 5.74) is 1.07. The van der Waals surface area contributed by atoms with Crippen LogP contribution in [0.15, 0.2) is 24.3 Å². The summed E-state index contributed by atoms with van der Waals surface area (Å²) in [6.07, 6.45) is 3.37. The van der Waals surface area contributed by atoms with Gasteiger partial charge in [-0.25, -0.2) is 0 Å². The van der Waals surface area contributed by atoms with Crippen molar-refractivity contribution in [2.45, 2.75) is 38.8 Å². The third kappa shape index (κ3) is 6.13. The van der Waals surface area contributed by atoms with Gasteiger partial charge < -0.3 is 15.0 Å². The van der Waals surface area contributed by atoms with Crippen molar-refractivity contribution in [2.75, 3.05) is 40.3 Å². The molecule has 0 aromatic heterocycles. The summed E-state index contributed by atoms with van der Waals surface area (Å²) >= 11 is 0. The molecule has 0 radical (unpaired) electrons. The first-order chi connectivity index (χ1) is 11.6. The molecule has 134 valence electrons. The number of ether oxygens (including phenoxy) is 1. The molecule has 1 unspecified atom stereocenters. The second-order valence-electron chi connectivity index (χ2n) is 6.77. The summed E-state index contributed by atoms with van der Waals surface area (Å²) in [5, 5.41) is 3.02. The number of nitrogens with zero attached hydrogens (tertiary/aromatic N) is 2. The smallest absolute Gasteiger partial charge is 0.234 e. The molecule has 1 N–H and O–H groups in total. The number of benzene rings is 1. The van der Waals surface area contributed by atoms with Crippen molar-refractivity contribution < 1.29 is 9.53 Å². The number of hydrogen-bond donors (Lipinski definition) is 1. The Balaban J connectivity index is 1.76. The largest absolute Gasteiger partial charge is 0.494 e. The van der Waals surface area contributed by atoms with E-state index < -0.39 is 0 Å². The van der Waals surface area contributed by atoms with Crippen molar-refractivity contribution in [3.8, 4) is 5.75 Å². The topological polar surface area (TPSA) is 44.8 Å². The predicted molar refractivity (Wildman–Crippen MR) is 97.2 cm³/mol. The fraction of sp³-hybridized carbons (Fsp3) is 0.632. The standard InChI is InChI=1S/C19H31N3O2/c1-4-11-24-18-9-5-7-16(12-18)13-20-19(23)15-22-10-6-8-17(14-22)21(2)3/h5,7,9,12,17H,4,6,8,10-11,13-15H2,1-3H3,(H,20,23). The zero-order valence-electron chi connectivity index (χ0n) is 15.3. The lowest BCUT2D eigenvalue weighted by atomic mass is 10.1. The molecule has 1 heterocycles. The number of carbonyl (C=O) groups is 1. The van der Waals surface area contributed by atoms with Gasteiger partial charge in [0.25, 0.3) is 0 Å². The van der Waals surface area contributed by atoms with Crippen LogP contribution in [0.5, 0.6) is 5.75 Å². The fourth-order valence-corrected chi connectivity index (χ4v) is 3.02. The minimum absolute atomic E-state index is 0.0919. The van der Waals surface area contributed by atoms with Crippen LogP contribution < -0.4 is 10.1 Å². The highest BCUT2D eigenvalue weighted by Gasteiger charge is 2.22. The van der Waals surface area contributed by atoms with Crippen LogP contribution in [-0.4, -0.2) is 62.1 Å². The molecule has 2 rings (SSSR count). The van der Waals surface area contributed by atoms with E-state index in [0.29, 0.717) is 19.1 Å². The zero-order chi connectivity index (χ0) is 17.4. The molecule has 0 aliphatic carbocycles. The molecule has 1 aliphatic rings. The Bertz CT molecular complexity index is 519. The van der Waals surface area contributed by atoms with Crippen LogP contribution in [0.2, 0.25) is 0 Å². The fourth-order valence-electron chi connectivity index (χ4n) is 3.02. The molecule has 5 heteroatoms. The van der Waals surface area contributed by atoms with Crippen LogP contribution in [0, 0.1) is 0 Å². The molecular formula is C19H31N3O2. The van der Waals surface area contributed by atoms with E-state index in [2.05, 4.69) is 36.1 Å². The Labute approximate surface area is 146 Å². The first-order valence-corrected chi connectivity index (χ1v) is 8.95. The van der Waals surface area contributed by atoms with Gasteiger partial charge in [-0.1, -0.05) is 19.1 Å². The summed E-state index contributed by atoms with van der Waals surface area (Å²) in [4.78, 5) is 16.7. The monoisotopic (exact) mass is 333 g/mol. The maximum atomic E-state index is 12.2. The summed E-state index contributed by atoms with van der Waals surface area (Å²) in [6, 6.07) is 8.49. The molecule has 0 bridgehead atoms. The van der Waals surface area contributed by atoms with Crippen molar-refractivity contribution in [3.63, 3.8) is 0 Å². The zero-order valence-corrected chi connectivity index (χ0v) is 15.3. The highest BCUT2D eigenvalue weighted by molar-refractivity contribution is 5.78. The second kappa shape index (κ2) is 9.64. The number of piperidine rings is 1. The average molecular weight is 333 g/mol. The van der Waals surface area contributed by atoms with Gasteiger partial charge in [0.1, 0.15) is 5.75 Å². The summed E-state index contributed by atoms with van der Waals surface area (Å²) in [5.74, 6) is 0.961. The van der Waals surface area contributed by atoms with Crippen LogP contribution in [-0.2, 0) is 11.3 Å². The Kier molecular flexibility index (Phi) is 7.53. The number of amides is 1. The molecule has 1 atom stereocenters. The highest BCUT2D eigenvalue weighted by atomic mass is 16.5. The van der Waals surface area contributed by atoms with Gasteiger partial charge in [0.2, 0.25) is 5.91 Å². The number of rotatable bonds is 8. The number of carbonyl (C=O) groups excluding carboxylic acids is 1. The van der Waals surface area contributed by atoms with Crippen molar-refractivity contribution in [3.05, 3.63) is 29.8 Å². The number of likely N-dealkylation sites (N-methyl/N-ethyl adjacent to an activating group) is 1. The lowest BCUT2D eigenvalue weighted by molar-refractivity contribution is -0.122. The molecule has 0 saturated carbocycles. The Morgan fingerprint density at radius 1 is 1.42 bits per heavy atom. The summed E-state index contributed by atoms with van der Waals surface area (Å²) < 4.78 is 5.63. The van der Waals surface area contributed by atoms with E-state index in [0.717, 1.165) is 43.9 Å². The van der Waals surface area contributed by atoms with E-state index in [1.54, 1.807) is 0 Å². The molecule has 1 aromatic rings. The van der Waals surface area contributed by atoms with Crippen LogP contribution in [0.25, 0.3) is 0 Å². The van der Waals surface area contributed by atoms with Gasteiger partial charge in [-0.3, -0.25) is 9.69 Å². The first-order valence-electron chi connectivity index (χ1n) is 8.95. The van der Waals surface area contributed by atoms with Crippen molar-refractivity contribution in [1.82, 2.24) is 15.1 Å². The Hall–Kier alpha value is -1.59. The van der Waals surface area contributed by atoms with E-state index in [9.17, 15) is 4.79 Å². The summed E-state index contributed by atoms with van der Waals surface area (Å²) in [6.45, 7) is 5.83. The number of nitrogens with one attached hydrogen (secondary N) is 1. The molecule has 1 fully saturated rings. The Morgan fingerprint density at radius 2 is 2.25 bits per heavy atom. The maximum absolute atomic E-state index is 12.2. The third-order valence-corrected chi connectivity index (χ3v) is 4.44. The minimum Gasteiger partial charge on any atom is -0.494 e. The maximum Gasteiger partial charge on any atom is 0.234 e. The minimum atomic E-state index is 0.0919. The molecule has 5 nitrogen and oxygen atoms in total. The van der Waals surface area contributed by atoms with Crippen molar-refractivity contribution in [1.29, 1.82) is 0 Å². The lowest BCUT2D eigenvalue weighted by Crippen LogP contribution is -2.48. The predicted octanol–water partition coefficient (Wildman–Crippen LogP) is 2.12. The van der Waals surface area contributed by atoms with Crippen LogP contribution >= 0.6 is 0 Å². The SMILES string of the molecule is CCCOc1cccc(CNC(=O)CN2CCCC(N(C)C)C2)c1. The van der Waals surface area contributed by atoms with Crippen molar-refractivity contribution in [2.24, 2.45) is 0 Å². The van der Waals surface area contributed by atoms with E-state index in [4.69, 9.17) is 4.74 Å². The molecule has 1 saturated heterocycles. The average Bonchev–Trinajstić information content (AvgIpc) is 2.59. The molecule has 24 heavy (non-hydrogen) atoms. The quantitative estimate of drug-likeness (QED) is 0.791. The third-order valence-electron chi connectivity index (χ3n) is 4.44. The normalized spacial score (nSPS) is 18.6. The molecule has 1 amide bonds. The number of hydrogen-bond acceptors (Lipinski definition) is 4. The Morgan fingerprint density at radius 3 is 3.00 bits per heavy atom. The van der Waals surface area contributed by atoms with Crippen LogP contribution in [0.3, 0.4) is 0 Å². The van der Waals surface area contributed by atoms with Gasteiger partial charge in [-0.2, -0.15) is 0 Å². The van der Waals surface area contributed by atoms with E-state index in [-0.39, 0.29) is 5.91 Å². The van der Waals surface area contributed by atoms with E-state index >= 15 is 0 Å². The molecule has 1 aliphatic heterocycles. The lowest BCUT2D eigenvalue weighted by Gasteiger charge is -2.35. The van der Waals surface area contributed by atoms with E-state index in [1.165, 1.54) is 6.42 Å². The molecular weight excluding hydrogens is 302 g/mol. The van der Waals surface area contributed by atoms with Crippen LogP contribution in [0.1, 0.15) is 31.7 Å². The van der Waals surface area contributed by atoms with Gasteiger partial charge >= 0.3 is 0 Å². The molecule has 0 spiro atoms. The van der Waals surface area contributed by atoms with Gasteiger partial charge in [0.05, 0.1) is 13.2 Å². The van der Waals surface area contributed by atoms with Crippen LogP contribution in [0.4, 0.5) is 0 Å². The molecule has 1 aromatic carbocycles. The van der Waals surface area contributed by atoms with E-state index in [1.807, 2.05) is 24.3 Å². The highest BCUT2D eigenvalue weighted by Crippen LogP contribution is 2.14. The van der Waals surface area contributed by atoms with Gasteiger partial charge in [0.15, 0.2) is 0 Å². The van der Waals surface area contributed by atoms with Gasteiger partial charge in [-0.15, -0.1) is 0 Å². The first kappa shape index (κ1) is 18.7. The second-order valence-corrected chi connectivity index (χ2v) is 6.77. The van der Waals surface area contributed by atoms with Crippen molar-refractivity contribution >= 4 is 5.91 Å². The van der Waals surface area contributed by atoms with Gasteiger partial charge in [0, 0.05) is 19.1 Å². The van der Waals surface area contributed by atoms with Gasteiger partial charge in [-0.05, 0) is 57.6 Å². The number of likely N-dealkylation sites (tertiary alicyclic amines) is 1.